The number of allylic oxidation sites excluding steroid dienone is 4. The van der Waals surface area contributed by atoms with E-state index in [0.717, 1.165) is 0 Å². The van der Waals surface area contributed by atoms with Crippen LogP contribution in [0, 0.1) is 0 Å². The van der Waals surface area contributed by atoms with Crippen molar-refractivity contribution in [1.82, 2.24) is 0 Å². The van der Waals surface area contributed by atoms with Crippen LogP contribution in [0.4, 0.5) is 0 Å². The van der Waals surface area contributed by atoms with Gasteiger partial charge in [-0.15, -0.1) is 0 Å². The highest BCUT2D eigenvalue weighted by Gasteiger charge is 1.75. The van der Waals surface area contributed by atoms with E-state index in [1.54, 1.807) is 13.8 Å². The maximum atomic E-state index is 8.51. The molecule has 0 aromatic heterocycles. The average molecular weight is 114 g/mol. The van der Waals surface area contributed by atoms with Crippen LogP contribution in [0.25, 0.3) is 0 Å². The van der Waals surface area contributed by atoms with E-state index in [4.69, 9.17) is 10.2 Å². The molecule has 0 atom stereocenters. The highest BCUT2D eigenvalue weighted by Crippen LogP contribution is 1.89. The fourth-order valence-corrected chi connectivity index (χ4v) is 0.241. The van der Waals surface area contributed by atoms with E-state index in [9.17, 15) is 0 Å². The summed E-state index contributed by atoms with van der Waals surface area (Å²) in [6, 6.07) is 0. The van der Waals surface area contributed by atoms with E-state index >= 15 is 0 Å². The fourth-order valence-electron chi connectivity index (χ4n) is 0.241. The quantitative estimate of drug-likeness (QED) is 0.404. The third-order valence-electron chi connectivity index (χ3n) is 0.566. The van der Waals surface area contributed by atoms with Crippen molar-refractivity contribution in [1.29, 1.82) is 0 Å². The number of hydrogen-bond donors (Lipinski definition) is 2. The van der Waals surface area contributed by atoms with Crippen LogP contribution in [0.1, 0.15) is 13.8 Å². The predicted molar refractivity (Wildman–Crippen MR) is 32.8 cm³/mol. The summed E-state index contributed by atoms with van der Waals surface area (Å²) < 4.78 is 0. The summed E-state index contributed by atoms with van der Waals surface area (Å²) in [6.07, 6.45) is 2.85. The molecule has 0 heterocycles. The van der Waals surface area contributed by atoms with E-state index in [0.29, 0.717) is 0 Å². The van der Waals surface area contributed by atoms with Gasteiger partial charge in [-0.2, -0.15) is 0 Å². The smallest absolute Gasteiger partial charge is 0.0892 e. The van der Waals surface area contributed by atoms with Gasteiger partial charge in [0.05, 0.1) is 11.5 Å². The van der Waals surface area contributed by atoms with Crippen LogP contribution in [0.15, 0.2) is 23.7 Å². The Balaban J connectivity index is 3.76. The minimum atomic E-state index is 0.193. The van der Waals surface area contributed by atoms with Crippen molar-refractivity contribution in [2.45, 2.75) is 13.8 Å². The summed E-state index contributed by atoms with van der Waals surface area (Å²) in [4.78, 5) is 0. The summed E-state index contributed by atoms with van der Waals surface area (Å²) in [5.74, 6) is 0.386. The zero-order valence-electron chi connectivity index (χ0n) is 5.05. The minimum Gasteiger partial charge on any atom is -0.513 e. The zero-order chi connectivity index (χ0) is 6.57. The van der Waals surface area contributed by atoms with Gasteiger partial charge in [-0.3, -0.25) is 0 Å². The number of rotatable bonds is 1. The summed E-state index contributed by atoms with van der Waals surface area (Å²) in [7, 11) is 0. The molecule has 2 heteroatoms. The van der Waals surface area contributed by atoms with Gasteiger partial charge in [-0.1, -0.05) is 0 Å². The lowest BCUT2D eigenvalue weighted by Crippen LogP contribution is -1.69. The highest BCUT2D eigenvalue weighted by molar-refractivity contribution is 5.06. The first kappa shape index (κ1) is 7.08. The molecule has 0 aromatic rings. The van der Waals surface area contributed by atoms with Crippen molar-refractivity contribution in [2.24, 2.45) is 0 Å². The summed E-state index contributed by atoms with van der Waals surface area (Å²) in [5, 5.41) is 17.0. The van der Waals surface area contributed by atoms with E-state index in [2.05, 4.69) is 0 Å². The molecular formula is C6H10O2. The molecule has 2 nitrogen and oxygen atoms in total. The largest absolute Gasteiger partial charge is 0.513 e. The van der Waals surface area contributed by atoms with Gasteiger partial charge in [0.2, 0.25) is 0 Å². The van der Waals surface area contributed by atoms with Crippen molar-refractivity contribution < 1.29 is 10.2 Å². The first-order chi connectivity index (χ1) is 3.63. The van der Waals surface area contributed by atoms with Gasteiger partial charge in [0.15, 0.2) is 0 Å². The fraction of sp³-hybridized carbons (Fsp3) is 0.333. The highest BCUT2D eigenvalue weighted by atomic mass is 16.3. The Morgan fingerprint density at radius 3 is 1.38 bits per heavy atom. The van der Waals surface area contributed by atoms with Gasteiger partial charge < -0.3 is 10.2 Å². The third kappa shape index (κ3) is 5.08. The SMILES string of the molecule is CC(O)=CC=C(C)O. The molecule has 0 unspecified atom stereocenters. The van der Waals surface area contributed by atoms with Crippen LogP contribution in [-0.4, -0.2) is 10.2 Å². The second-order valence-corrected chi connectivity index (χ2v) is 1.62. The summed E-state index contributed by atoms with van der Waals surface area (Å²) in [5.41, 5.74) is 0. The lowest BCUT2D eigenvalue weighted by Gasteiger charge is -1.83. The molecule has 0 aliphatic rings. The molecule has 8 heavy (non-hydrogen) atoms. The Hall–Kier alpha value is -0.920. The molecular weight excluding hydrogens is 104 g/mol. The molecule has 0 fully saturated rings. The molecule has 0 saturated carbocycles. The van der Waals surface area contributed by atoms with Gasteiger partial charge in [0.1, 0.15) is 0 Å². The molecule has 0 saturated heterocycles. The molecule has 0 bridgehead atoms. The zero-order valence-corrected chi connectivity index (χ0v) is 5.05. The second kappa shape index (κ2) is 3.13. The Kier molecular flexibility index (Phi) is 2.77. The Morgan fingerprint density at radius 1 is 1.00 bits per heavy atom. The first-order valence-electron chi connectivity index (χ1n) is 2.36. The van der Waals surface area contributed by atoms with E-state index in [1.807, 2.05) is 0 Å². The van der Waals surface area contributed by atoms with E-state index < -0.39 is 0 Å². The summed E-state index contributed by atoms with van der Waals surface area (Å²) >= 11 is 0. The average Bonchev–Trinajstić information content (AvgIpc) is 1.61. The van der Waals surface area contributed by atoms with Crippen LogP contribution >= 0.6 is 0 Å². The number of hydrogen-bond acceptors (Lipinski definition) is 2. The monoisotopic (exact) mass is 114 g/mol. The predicted octanol–water partition coefficient (Wildman–Crippen LogP) is 1.91. The van der Waals surface area contributed by atoms with Gasteiger partial charge in [-0.05, 0) is 26.0 Å². The minimum absolute atomic E-state index is 0.193. The van der Waals surface area contributed by atoms with Crippen molar-refractivity contribution in [3.63, 3.8) is 0 Å². The van der Waals surface area contributed by atoms with Crippen LogP contribution < -0.4 is 0 Å². The third-order valence-corrected chi connectivity index (χ3v) is 0.566. The first-order valence-corrected chi connectivity index (χ1v) is 2.36. The molecule has 0 aromatic carbocycles. The Labute approximate surface area is 48.8 Å². The van der Waals surface area contributed by atoms with Gasteiger partial charge >= 0.3 is 0 Å². The maximum Gasteiger partial charge on any atom is 0.0892 e. The van der Waals surface area contributed by atoms with Crippen molar-refractivity contribution in [2.75, 3.05) is 0 Å². The van der Waals surface area contributed by atoms with Gasteiger partial charge in [0, 0.05) is 0 Å². The topological polar surface area (TPSA) is 40.5 Å². The normalized spacial score (nSPS) is 14.2. The van der Waals surface area contributed by atoms with Crippen LogP contribution in [0.2, 0.25) is 0 Å². The lowest BCUT2D eigenvalue weighted by atomic mass is 10.4. The Bertz CT molecular complexity index is 98.5. The number of aliphatic hydroxyl groups excluding tert-OH is 2. The summed E-state index contributed by atoms with van der Waals surface area (Å²) in [6.45, 7) is 3.08. The van der Waals surface area contributed by atoms with E-state index in [-0.39, 0.29) is 11.5 Å². The standard InChI is InChI=1S/C6H10O2/c1-5(7)3-4-6(2)8/h3-4,7-8H,1-2H3. The van der Waals surface area contributed by atoms with Gasteiger partial charge in [-0.25, -0.2) is 0 Å². The molecule has 0 rings (SSSR count). The molecule has 0 aliphatic carbocycles. The molecule has 0 spiro atoms. The maximum absolute atomic E-state index is 8.51. The molecule has 46 valence electrons. The van der Waals surface area contributed by atoms with Crippen LogP contribution in [-0.2, 0) is 0 Å². The van der Waals surface area contributed by atoms with Crippen molar-refractivity contribution in [3.05, 3.63) is 23.7 Å². The van der Waals surface area contributed by atoms with Crippen LogP contribution in [0.5, 0.6) is 0 Å². The molecule has 0 radical (unpaired) electrons. The Morgan fingerprint density at radius 2 is 1.25 bits per heavy atom. The van der Waals surface area contributed by atoms with Gasteiger partial charge in [0.25, 0.3) is 0 Å². The molecule has 0 aliphatic heterocycles. The second-order valence-electron chi connectivity index (χ2n) is 1.62. The van der Waals surface area contributed by atoms with Crippen molar-refractivity contribution >= 4 is 0 Å². The lowest BCUT2D eigenvalue weighted by molar-refractivity contribution is 0.406. The molecule has 0 amide bonds. The van der Waals surface area contributed by atoms with Crippen molar-refractivity contribution in [3.8, 4) is 0 Å². The van der Waals surface area contributed by atoms with Crippen LogP contribution in [0.3, 0.4) is 0 Å². The number of aliphatic hydroxyl groups is 2. The molecule has 2 N–H and O–H groups in total. The van der Waals surface area contributed by atoms with E-state index in [1.165, 1.54) is 12.2 Å².